The number of carbonyl (C=O) groups excluding carboxylic acids is 1. The Morgan fingerprint density at radius 1 is 0.929 bits per heavy atom. The number of rotatable bonds is 5. The second-order valence-corrected chi connectivity index (χ2v) is 8.45. The second kappa shape index (κ2) is 9.11. The van der Waals surface area contributed by atoms with Crippen molar-refractivity contribution in [2.75, 3.05) is 26.2 Å². The Kier molecular flexibility index (Phi) is 6.33. The van der Waals surface area contributed by atoms with Crippen LogP contribution in [0.15, 0.2) is 54.6 Å². The van der Waals surface area contributed by atoms with Gasteiger partial charge in [-0.15, -0.1) is 0 Å². The molecule has 0 spiro atoms. The van der Waals surface area contributed by atoms with Gasteiger partial charge < -0.3 is 9.80 Å². The molecule has 0 bridgehead atoms. The summed E-state index contributed by atoms with van der Waals surface area (Å²) >= 11 is 6.50. The van der Waals surface area contributed by atoms with E-state index in [1.807, 2.05) is 42.5 Å². The number of amides is 1. The lowest BCUT2D eigenvalue weighted by molar-refractivity contribution is -0.133. The third kappa shape index (κ3) is 4.42. The van der Waals surface area contributed by atoms with Gasteiger partial charge in [0, 0.05) is 36.5 Å². The molecule has 0 saturated carbocycles. The number of piperidine rings is 1. The quantitative estimate of drug-likeness (QED) is 0.713. The van der Waals surface area contributed by atoms with E-state index in [-0.39, 0.29) is 11.8 Å². The van der Waals surface area contributed by atoms with E-state index in [0.29, 0.717) is 12.5 Å². The molecule has 2 saturated heterocycles. The molecule has 1 amide bonds. The molecule has 2 aliphatic heterocycles. The zero-order valence-electron chi connectivity index (χ0n) is 16.4. The van der Waals surface area contributed by atoms with Crippen LogP contribution >= 0.6 is 11.6 Å². The Balaban J connectivity index is 1.45. The highest BCUT2D eigenvalue weighted by Gasteiger charge is 2.30. The van der Waals surface area contributed by atoms with E-state index in [9.17, 15) is 4.79 Å². The van der Waals surface area contributed by atoms with Crippen molar-refractivity contribution in [3.05, 3.63) is 70.7 Å². The van der Waals surface area contributed by atoms with Crippen LogP contribution in [-0.2, 0) is 4.79 Å². The summed E-state index contributed by atoms with van der Waals surface area (Å²) in [6.07, 6.45) is 5.34. The molecule has 2 heterocycles. The van der Waals surface area contributed by atoms with Crippen LogP contribution in [0.5, 0.6) is 0 Å². The summed E-state index contributed by atoms with van der Waals surface area (Å²) in [6.45, 7) is 4.23. The van der Waals surface area contributed by atoms with Crippen LogP contribution in [0.4, 0.5) is 0 Å². The predicted octanol–water partition coefficient (Wildman–Crippen LogP) is 4.95. The molecule has 1 atom stereocenters. The Morgan fingerprint density at radius 3 is 2.25 bits per heavy atom. The highest BCUT2D eigenvalue weighted by Crippen LogP contribution is 2.34. The second-order valence-electron chi connectivity index (χ2n) is 8.04. The number of benzene rings is 2. The van der Waals surface area contributed by atoms with E-state index >= 15 is 0 Å². The maximum absolute atomic E-state index is 13.2. The zero-order valence-corrected chi connectivity index (χ0v) is 17.2. The average molecular weight is 397 g/mol. The van der Waals surface area contributed by atoms with Gasteiger partial charge in [-0.05, 0) is 56.0 Å². The van der Waals surface area contributed by atoms with Gasteiger partial charge in [0.25, 0.3) is 0 Å². The maximum atomic E-state index is 13.2. The zero-order chi connectivity index (χ0) is 19.3. The van der Waals surface area contributed by atoms with Crippen LogP contribution in [0.3, 0.4) is 0 Å². The van der Waals surface area contributed by atoms with E-state index in [2.05, 4.69) is 21.9 Å². The fraction of sp³-hybridized carbons (Fsp3) is 0.458. The third-order valence-electron chi connectivity index (χ3n) is 6.34. The molecule has 0 aromatic heterocycles. The smallest absolute Gasteiger partial charge is 0.223 e. The molecule has 2 fully saturated rings. The van der Waals surface area contributed by atoms with E-state index in [1.165, 1.54) is 25.9 Å². The van der Waals surface area contributed by atoms with Crippen molar-refractivity contribution in [1.29, 1.82) is 0 Å². The highest BCUT2D eigenvalue weighted by atomic mass is 35.5. The molecule has 2 aliphatic rings. The predicted molar refractivity (Wildman–Crippen MR) is 115 cm³/mol. The van der Waals surface area contributed by atoms with E-state index in [0.717, 1.165) is 42.1 Å². The molecule has 4 rings (SSSR count). The molecule has 1 unspecified atom stereocenters. The molecular weight excluding hydrogens is 368 g/mol. The van der Waals surface area contributed by atoms with Crippen LogP contribution in [0.25, 0.3) is 0 Å². The van der Waals surface area contributed by atoms with Crippen molar-refractivity contribution in [2.45, 2.75) is 44.1 Å². The molecule has 3 nitrogen and oxygen atoms in total. The monoisotopic (exact) mass is 396 g/mol. The summed E-state index contributed by atoms with van der Waals surface area (Å²) in [5, 5.41) is 0.733. The summed E-state index contributed by atoms with van der Waals surface area (Å²) < 4.78 is 0. The van der Waals surface area contributed by atoms with Crippen LogP contribution in [0.2, 0.25) is 5.02 Å². The minimum Gasteiger partial charge on any atom is -0.343 e. The standard InChI is InChI=1S/C24H29ClN2O/c25-23-11-5-4-10-21(23)22(19-8-2-1-3-9-19)18-24(28)27-16-12-20(13-17-27)26-14-6-7-15-26/h1-5,8-11,20,22H,6-7,12-18H2. The van der Waals surface area contributed by atoms with Gasteiger partial charge in [0.2, 0.25) is 5.91 Å². The summed E-state index contributed by atoms with van der Waals surface area (Å²) in [7, 11) is 0. The number of nitrogens with zero attached hydrogens (tertiary/aromatic N) is 2. The first-order chi connectivity index (χ1) is 13.7. The van der Waals surface area contributed by atoms with Gasteiger partial charge in [-0.2, -0.15) is 0 Å². The number of carbonyl (C=O) groups is 1. The molecule has 0 radical (unpaired) electrons. The van der Waals surface area contributed by atoms with E-state index in [4.69, 9.17) is 11.6 Å². The first-order valence-corrected chi connectivity index (χ1v) is 10.9. The minimum absolute atomic E-state index is 0.00120. The van der Waals surface area contributed by atoms with Gasteiger partial charge in [0.1, 0.15) is 0 Å². The van der Waals surface area contributed by atoms with Crippen LogP contribution in [-0.4, -0.2) is 47.9 Å². The van der Waals surface area contributed by atoms with Crippen molar-refractivity contribution >= 4 is 17.5 Å². The van der Waals surface area contributed by atoms with E-state index in [1.54, 1.807) is 0 Å². The van der Waals surface area contributed by atoms with Crippen molar-refractivity contribution < 1.29 is 4.79 Å². The third-order valence-corrected chi connectivity index (χ3v) is 6.68. The Labute approximate surface area is 173 Å². The van der Waals surface area contributed by atoms with Crippen LogP contribution < -0.4 is 0 Å². The number of hydrogen-bond acceptors (Lipinski definition) is 2. The molecule has 2 aromatic carbocycles. The van der Waals surface area contributed by atoms with Gasteiger partial charge >= 0.3 is 0 Å². The first kappa shape index (κ1) is 19.5. The fourth-order valence-corrected chi connectivity index (χ4v) is 5.01. The topological polar surface area (TPSA) is 23.6 Å². The van der Waals surface area contributed by atoms with Crippen molar-refractivity contribution in [1.82, 2.24) is 9.80 Å². The maximum Gasteiger partial charge on any atom is 0.223 e. The van der Waals surface area contributed by atoms with Gasteiger partial charge in [-0.25, -0.2) is 0 Å². The summed E-state index contributed by atoms with van der Waals surface area (Å²) in [4.78, 5) is 17.9. The number of likely N-dealkylation sites (tertiary alicyclic amines) is 2. The lowest BCUT2D eigenvalue weighted by Crippen LogP contribution is -2.46. The first-order valence-electron chi connectivity index (χ1n) is 10.5. The minimum atomic E-state index is -0.00120. The van der Waals surface area contributed by atoms with Gasteiger partial charge in [0.15, 0.2) is 0 Å². The highest BCUT2D eigenvalue weighted by molar-refractivity contribution is 6.31. The normalized spacial score (nSPS) is 19.7. The Morgan fingerprint density at radius 2 is 1.57 bits per heavy atom. The average Bonchev–Trinajstić information content (AvgIpc) is 3.28. The van der Waals surface area contributed by atoms with Crippen LogP contribution in [0, 0.1) is 0 Å². The Hall–Kier alpha value is -1.84. The lowest BCUT2D eigenvalue weighted by Gasteiger charge is -2.37. The molecule has 0 aliphatic carbocycles. The molecule has 28 heavy (non-hydrogen) atoms. The lowest BCUT2D eigenvalue weighted by atomic mass is 9.87. The summed E-state index contributed by atoms with van der Waals surface area (Å²) in [5.41, 5.74) is 2.19. The van der Waals surface area contributed by atoms with Gasteiger partial charge in [-0.1, -0.05) is 60.1 Å². The Bertz CT molecular complexity index is 780. The SMILES string of the molecule is O=C(CC(c1ccccc1)c1ccccc1Cl)N1CCC(N2CCCC2)CC1. The van der Waals surface area contributed by atoms with Gasteiger partial charge in [0.05, 0.1) is 0 Å². The number of halogens is 1. The molecular formula is C24H29ClN2O. The molecule has 0 N–H and O–H groups in total. The fourth-order valence-electron chi connectivity index (χ4n) is 4.74. The largest absolute Gasteiger partial charge is 0.343 e. The van der Waals surface area contributed by atoms with Crippen molar-refractivity contribution in [2.24, 2.45) is 0 Å². The van der Waals surface area contributed by atoms with E-state index < -0.39 is 0 Å². The van der Waals surface area contributed by atoms with Gasteiger partial charge in [-0.3, -0.25) is 4.79 Å². The molecule has 4 heteroatoms. The van der Waals surface area contributed by atoms with Crippen LogP contribution in [0.1, 0.15) is 49.1 Å². The molecule has 148 valence electrons. The van der Waals surface area contributed by atoms with Crippen molar-refractivity contribution in [3.8, 4) is 0 Å². The van der Waals surface area contributed by atoms with Crippen molar-refractivity contribution in [3.63, 3.8) is 0 Å². The number of hydrogen-bond donors (Lipinski definition) is 0. The summed E-state index contributed by atoms with van der Waals surface area (Å²) in [6, 6.07) is 18.9. The molecule has 2 aromatic rings. The summed E-state index contributed by atoms with van der Waals surface area (Å²) in [5.74, 6) is 0.243.